The van der Waals surface area contributed by atoms with Crippen molar-refractivity contribution in [1.82, 2.24) is 5.32 Å². The van der Waals surface area contributed by atoms with Gasteiger partial charge in [0.25, 0.3) is 0 Å². The Morgan fingerprint density at radius 2 is 1.92 bits per heavy atom. The topological polar surface area (TPSA) is 64.6 Å². The molecule has 0 aliphatic heterocycles. The standard InChI is InChI=1S/C20H22FNO4/c1-14-5-3-7-17(11-14)19(20(24)25-10-9-22-15(2)23)26-18-8-4-6-16(12-18)13-21/h3-8,11-12,19H,9-10,13H2,1-2H3,(H,22,23). The number of hydrogen-bond donors (Lipinski definition) is 1. The Bertz CT molecular complexity index is 763. The molecular weight excluding hydrogens is 337 g/mol. The molecule has 1 amide bonds. The van der Waals surface area contributed by atoms with E-state index in [0.29, 0.717) is 16.9 Å². The van der Waals surface area contributed by atoms with Gasteiger partial charge < -0.3 is 14.8 Å². The van der Waals surface area contributed by atoms with Crippen LogP contribution in [0.15, 0.2) is 48.5 Å². The van der Waals surface area contributed by atoms with Gasteiger partial charge >= 0.3 is 5.97 Å². The van der Waals surface area contributed by atoms with Crippen molar-refractivity contribution in [3.63, 3.8) is 0 Å². The normalized spacial score (nSPS) is 11.5. The average Bonchev–Trinajstić information content (AvgIpc) is 2.63. The molecule has 0 radical (unpaired) electrons. The second-order valence-electron chi connectivity index (χ2n) is 5.84. The Balaban J connectivity index is 2.15. The van der Waals surface area contributed by atoms with E-state index in [9.17, 15) is 14.0 Å². The summed E-state index contributed by atoms with van der Waals surface area (Å²) in [6.45, 7) is 2.94. The summed E-state index contributed by atoms with van der Waals surface area (Å²) in [5.41, 5.74) is 2.07. The average molecular weight is 359 g/mol. The largest absolute Gasteiger partial charge is 0.474 e. The summed E-state index contributed by atoms with van der Waals surface area (Å²) in [5, 5.41) is 2.55. The number of benzene rings is 2. The van der Waals surface area contributed by atoms with Crippen LogP contribution in [-0.2, 0) is 21.0 Å². The predicted octanol–water partition coefficient (Wildman–Crippen LogP) is 3.26. The van der Waals surface area contributed by atoms with Crippen LogP contribution in [0.4, 0.5) is 4.39 Å². The van der Waals surface area contributed by atoms with Crippen LogP contribution in [0.25, 0.3) is 0 Å². The zero-order valence-corrected chi connectivity index (χ0v) is 14.8. The number of carbonyl (C=O) groups is 2. The Hall–Kier alpha value is -2.89. The number of ether oxygens (including phenoxy) is 2. The molecule has 138 valence electrons. The van der Waals surface area contributed by atoms with Crippen molar-refractivity contribution in [1.29, 1.82) is 0 Å². The van der Waals surface area contributed by atoms with Crippen molar-refractivity contribution in [2.24, 2.45) is 0 Å². The highest BCUT2D eigenvalue weighted by molar-refractivity contribution is 5.77. The number of aryl methyl sites for hydroxylation is 1. The molecule has 6 heteroatoms. The Morgan fingerprint density at radius 1 is 1.15 bits per heavy atom. The first kappa shape index (κ1) is 19.4. The zero-order valence-electron chi connectivity index (χ0n) is 14.8. The fourth-order valence-corrected chi connectivity index (χ4v) is 2.38. The molecule has 1 N–H and O–H groups in total. The lowest BCUT2D eigenvalue weighted by atomic mass is 10.1. The highest BCUT2D eigenvalue weighted by atomic mass is 19.1. The van der Waals surface area contributed by atoms with Gasteiger partial charge in [0.15, 0.2) is 0 Å². The minimum atomic E-state index is -0.984. The van der Waals surface area contributed by atoms with Gasteiger partial charge in [0.05, 0.1) is 6.54 Å². The van der Waals surface area contributed by atoms with Crippen LogP contribution in [0, 0.1) is 6.92 Å². The van der Waals surface area contributed by atoms with Crippen LogP contribution in [-0.4, -0.2) is 25.0 Å². The summed E-state index contributed by atoms with van der Waals surface area (Å²) < 4.78 is 23.9. The van der Waals surface area contributed by atoms with Crippen molar-refractivity contribution in [3.8, 4) is 5.75 Å². The molecule has 5 nitrogen and oxygen atoms in total. The third kappa shape index (κ3) is 5.88. The van der Waals surface area contributed by atoms with Crippen LogP contribution >= 0.6 is 0 Å². The Morgan fingerprint density at radius 3 is 2.62 bits per heavy atom. The van der Waals surface area contributed by atoms with Gasteiger partial charge in [0, 0.05) is 12.5 Å². The number of hydrogen-bond acceptors (Lipinski definition) is 4. The summed E-state index contributed by atoms with van der Waals surface area (Å²) >= 11 is 0. The van der Waals surface area contributed by atoms with Gasteiger partial charge in [0.1, 0.15) is 19.0 Å². The number of rotatable bonds is 8. The molecule has 0 saturated carbocycles. The third-order valence-electron chi connectivity index (χ3n) is 3.59. The molecule has 1 atom stereocenters. The van der Waals surface area contributed by atoms with Crippen molar-refractivity contribution < 1.29 is 23.5 Å². The SMILES string of the molecule is CC(=O)NCCOC(=O)C(Oc1cccc(CF)c1)c1cccc(C)c1. The maximum atomic E-state index is 12.9. The molecule has 0 spiro atoms. The van der Waals surface area contributed by atoms with E-state index in [2.05, 4.69) is 5.32 Å². The molecule has 26 heavy (non-hydrogen) atoms. The van der Waals surface area contributed by atoms with E-state index in [4.69, 9.17) is 9.47 Å². The quantitative estimate of drug-likeness (QED) is 0.580. The minimum absolute atomic E-state index is 0.0363. The highest BCUT2D eigenvalue weighted by Gasteiger charge is 2.24. The van der Waals surface area contributed by atoms with Crippen LogP contribution in [0.2, 0.25) is 0 Å². The number of nitrogens with one attached hydrogen (secondary N) is 1. The first-order valence-corrected chi connectivity index (χ1v) is 8.29. The summed E-state index contributed by atoms with van der Waals surface area (Å²) in [7, 11) is 0. The number of esters is 1. The summed E-state index contributed by atoms with van der Waals surface area (Å²) in [6.07, 6.45) is -0.984. The predicted molar refractivity (Wildman–Crippen MR) is 95.4 cm³/mol. The van der Waals surface area contributed by atoms with Gasteiger partial charge in [-0.2, -0.15) is 0 Å². The van der Waals surface area contributed by atoms with E-state index in [0.717, 1.165) is 5.56 Å². The number of halogens is 1. The lowest BCUT2D eigenvalue weighted by Gasteiger charge is -2.19. The van der Waals surface area contributed by atoms with E-state index in [1.807, 2.05) is 25.1 Å². The van der Waals surface area contributed by atoms with Gasteiger partial charge in [-0.25, -0.2) is 9.18 Å². The number of carbonyl (C=O) groups excluding carboxylic acids is 2. The first-order chi connectivity index (χ1) is 12.5. The van der Waals surface area contributed by atoms with Crippen molar-refractivity contribution >= 4 is 11.9 Å². The smallest absolute Gasteiger partial charge is 0.352 e. The van der Waals surface area contributed by atoms with Crippen molar-refractivity contribution in [3.05, 3.63) is 65.2 Å². The fraction of sp³-hybridized carbons (Fsp3) is 0.300. The van der Waals surface area contributed by atoms with Crippen molar-refractivity contribution in [2.75, 3.05) is 13.2 Å². The number of amides is 1. The highest BCUT2D eigenvalue weighted by Crippen LogP contribution is 2.25. The monoisotopic (exact) mass is 359 g/mol. The molecule has 0 aliphatic carbocycles. The second-order valence-corrected chi connectivity index (χ2v) is 5.84. The zero-order chi connectivity index (χ0) is 18.9. The lowest BCUT2D eigenvalue weighted by Crippen LogP contribution is -2.28. The molecule has 0 heterocycles. The molecular formula is C20H22FNO4. The molecule has 1 unspecified atom stereocenters. The van der Waals surface area contributed by atoms with E-state index in [1.54, 1.807) is 30.3 Å². The van der Waals surface area contributed by atoms with Gasteiger partial charge in [-0.1, -0.05) is 42.0 Å². The first-order valence-electron chi connectivity index (χ1n) is 8.29. The molecule has 2 aromatic carbocycles. The third-order valence-corrected chi connectivity index (χ3v) is 3.59. The summed E-state index contributed by atoms with van der Waals surface area (Å²) in [4.78, 5) is 23.4. The summed E-state index contributed by atoms with van der Waals surface area (Å²) in [6, 6.07) is 13.8. The van der Waals surface area contributed by atoms with Crippen LogP contribution in [0.5, 0.6) is 5.75 Å². The van der Waals surface area contributed by atoms with E-state index >= 15 is 0 Å². The van der Waals surface area contributed by atoms with Crippen LogP contribution in [0.3, 0.4) is 0 Å². The molecule has 0 bridgehead atoms. The molecule has 0 aromatic heterocycles. The maximum Gasteiger partial charge on any atom is 0.352 e. The van der Waals surface area contributed by atoms with Crippen LogP contribution in [0.1, 0.15) is 29.7 Å². The molecule has 0 saturated heterocycles. The molecule has 2 aromatic rings. The van der Waals surface area contributed by atoms with E-state index in [-0.39, 0.29) is 19.1 Å². The molecule has 2 rings (SSSR count). The van der Waals surface area contributed by atoms with Gasteiger partial charge in [0.2, 0.25) is 12.0 Å². The van der Waals surface area contributed by atoms with Gasteiger partial charge in [-0.3, -0.25) is 4.79 Å². The van der Waals surface area contributed by atoms with E-state index < -0.39 is 18.7 Å². The van der Waals surface area contributed by atoms with Gasteiger partial charge in [-0.05, 0) is 24.6 Å². The summed E-state index contributed by atoms with van der Waals surface area (Å²) in [5.74, 6) is -0.396. The molecule has 0 fully saturated rings. The lowest BCUT2D eigenvalue weighted by molar-refractivity contribution is -0.152. The van der Waals surface area contributed by atoms with Crippen LogP contribution < -0.4 is 10.1 Å². The Kier molecular flexibility index (Phi) is 7.14. The maximum absolute atomic E-state index is 12.9. The number of alkyl halides is 1. The van der Waals surface area contributed by atoms with E-state index in [1.165, 1.54) is 6.92 Å². The van der Waals surface area contributed by atoms with Crippen molar-refractivity contribution in [2.45, 2.75) is 26.6 Å². The fourth-order valence-electron chi connectivity index (χ4n) is 2.38. The Labute approximate surface area is 152 Å². The molecule has 0 aliphatic rings. The van der Waals surface area contributed by atoms with Gasteiger partial charge in [-0.15, -0.1) is 0 Å². The minimum Gasteiger partial charge on any atom is -0.474 e. The second kappa shape index (κ2) is 9.56.